The predicted molar refractivity (Wildman–Crippen MR) is 102 cm³/mol. The van der Waals surface area contributed by atoms with E-state index in [1.807, 2.05) is 6.92 Å². The second-order valence-electron chi connectivity index (χ2n) is 6.15. The summed E-state index contributed by atoms with van der Waals surface area (Å²) in [5.41, 5.74) is 1.85. The van der Waals surface area contributed by atoms with Gasteiger partial charge >= 0.3 is 6.18 Å². The van der Waals surface area contributed by atoms with Crippen LogP contribution in [0.25, 0.3) is 0 Å². The van der Waals surface area contributed by atoms with Crippen molar-refractivity contribution < 1.29 is 32.2 Å². The lowest BCUT2D eigenvalue weighted by Crippen LogP contribution is -2.23. The maximum Gasteiger partial charge on any atom is 0.411 e. The van der Waals surface area contributed by atoms with Crippen molar-refractivity contribution >= 4 is 5.91 Å². The summed E-state index contributed by atoms with van der Waals surface area (Å²) in [6, 6.07) is 13.7. The van der Waals surface area contributed by atoms with Gasteiger partial charge in [-0.2, -0.15) is 13.2 Å². The van der Waals surface area contributed by atoms with Gasteiger partial charge in [0.05, 0.1) is 18.8 Å². The highest BCUT2D eigenvalue weighted by atomic mass is 19.4. The lowest BCUT2D eigenvalue weighted by molar-refractivity contribution is -0.176. The van der Waals surface area contributed by atoms with Gasteiger partial charge in [0, 0.05) is 13.2 Å². The van der Waals surface area contributed by atoms with Crippen molar-refractivity contribution in [3.8, 4) is 5.75 Å². The van der Waals surface area contributed by atoms with E-state index in [2.05, 4.69) is 10.1 Å². The molecule has 0 aromatic heterocycles. The minimum atomic E-state index is -4.34. The molecule has 1 N–H and O–H groups in total. The summed E-state index contributed by atoms with van der Waals surface area (Å²) in [6.07, 6.45) is -4.34. The third-order valence-corrected chi connectivity index (χ3v) is 3.83. The standard InChI is InChI=1S/C21H24F3NO4/c1-2-27-11-12-29-19-6-4-3-5-18(19)20(26)25-13-16-7-9-17(10-8-16)14-28-15-21(22,23)24/h3-10H,2,11-15H2,1H3,(H,25,26). The molecule has 2 rings (SSSR count). The summed E-state index contributed by atoms with van der Waals surface area (Å²) in [7, 11) is 0. The Bertz CT molecular complexity index is 763. The van der Waals surface area contributed by atoms with Gasteiger partial charge in [0.1, 0.15) is 19.0 Å². The molecule has 5 nitrogen and oxygen atoms in total. The van der Waals surface area contributed by atoms with E-state index in [0.717, 1.165) is 5.56 Å². The van der Waals surface area contributed by atoms with Crippen LogP contribution in [0.15, 0.2) is 48.5 Å². The highest BCUT2D eigenvalue weighted by Gasteiger charge is 2.27. The van der Waals surface area contributed by atoms with Gasteiger partial charge in [0.25, 0.3) is 5.91 Å². The zero-order valence-electron chi connectivity index (χ0n) is 16.1. The Morgan fingerprint density at radius 2 is 1.66 bits per heavy atom. The van der Waals surface area contributed by atoms with Crippen molar-refractivity contribution in [1.29, 1.82) is 0 Å². The molecule has 0 saturated carbocycles. The average molecular weight is 411 g/mol. The Hall–Kier alpha value is -2.58. The van der Waals surface area contributed by atoms with Crippen LogP contribution in [0.5, 0.6) is 5.75 Å². The van der Waals surface area contributed by atoms with Crippen LogP contribution in [0.1, 0.15) is 28.4 Å². The molecule has 0 aliphatic carbocycles. The number of para-hydroxylation sites is 1. The van der Waals surface area contributed by atoms with Crippen LogP contribution < -0.4 is 10.1 Å². The highest BCUT2D eigenvalue weighted by Crippen LogP contribution is 2.18. The molecule has 2 aromatic carbocycles. The van der Waals surface area contributed by atoms with E-state index in [-0.39, 0.29) is 19.1 Å². The Kier molecular flexibility index (Phi) is 8.95. The summed E-state index contributed by atoms with van der Waals surface area (Å²) in [4.78, 5) is 12.5. The van der Waals surface area contributed by atoms with Gasteiger partial charge in [-0.1, -0.05) is 36.4 Å². The number of ether oxygens (including phenoxy) is 3. The third-order valence-electron chi connectivity index (χ3n) is 3.83. The number of nitrogens with one attached hydrogen (secondary N) is 1. The minimum Gasteiger partial charge on any atom is -0.490 e. The molecule has 0 atom stereocenters. The second-order valence-corrected chi connectivity index (χ2v) is 6.15. The fourth-order valence-corrected chi connectivity index (χ4v) is 2.45. The van der Waals surface area contributed by atoms with E-state index >= 15 is 0 Å². The quantitative estimate of drug-likeness (QED) is 0.566. The first-order valence-corrected chi connectivity index (χ1v) is 9.19. The SMILES string of the molecule is CCOCCOc1ccccc1C(=O)NCc1ccc(COCC(F)(F)F)cc1. The first-order chi connectivity index (χ1) is 13.9. The molecule has 2 aromatic rings. The molecule has 0 bridgehead atoms. The summed E-state index contributed by atoms with van der Waals surface area (Å²) in [5, 5.41) is 2.81. The van der Waals surface area contributed by atoms with Crippen molar-refractivity contribution in [1.82, 2.24) is 5.32 Å². The first-order valence-electron chi connectivity index (χ1n) is 9.19. The number of halogens is 3. The van der Waals surface area contributed by atoms with Gasteiger partial charge in [0.2, 0.25) is 0 Å². The van der Waals surface area contributed by atoms with Gasteiger partial charge in [-0.3, -0.25) is 4.79 Å². The maximum absolute atomic E-state index is 12.5. The monoisotopic (exact) mass is 411 g/mol. The fourth-order valence-electron chi connectivity index (χ4n) is 2.45. The summed E-state index contributed by atoms with van der Waals surface area (Å²) in [6.45, 7) is 2.13. The van der Waals surface area contributed by atoms with E-state index in [4.69, 9.17) is 9.47 Å². The molecular formula is C21H24F3NO4. The van der Waals surface area contributed by atoms with Gasteiger partial charge in [-0.25, -0.2) is 0 Å². The zero-order valence-corrected chi connectivity index (χ0v) is 16.1. The summed E-state index contributed by atoms with van der Waals surface area (Å²) < 4.78 is 51.7. The van der Waals surface area contributed by atoms with E-state index in [9.17, 15) is 18.0 Å². The Balaban J connectivity index is 1.84. The number of benzene rings is 2. The Labute approximate surface area is 167 Å². The summed E-state index contributed by atoms with van der Waals surface area (Å²) >= 11 is 0. The highest BCUT2D eigenvalue weighted by molar-refractivity contribution is 5.96. The largest absolute Gasteiger partial charge is 0.490 e. The van der Waals surface area contributed by atoms with Crippen LogP contribution in [0.3, 0.4) is 0 Å². The fraction of sp³-hybridized carbons (Fsp3) is 0.381. The number of rotatable bonds is 11. The van der Waals surface area contributed by atoms with E-state index in [1.165, 1.54) is 0 Å². The van der Waals surface area contributed by atoms with Crippen LogP contribution in [0.4, 0.5) is 13.2 Å². The van der Waals surface area contributed by atoms with Crippen molar-refractivity contribution in [3.63, 3.8) is 0 Å². The zero-order chi connectivity index (χ0) is 21.1. The maximum atomic E-state index is 12.5. The molecule has 158 valence electrons. The van der Waals surface area contributed by atoms with Crippen molar-refractivity contribution in [2.45, 2.75) is 26.3 Å². The molecule has 8 heteroatoms. The van der Waals surface area contributed by atoms with E-state index in [1.54, 1.807) is 48.5 Å². The Morgan fingerprint density at radius 3 is 2.34 bits per heavy atom. The normalized spacial score (nSPS) is 11.3. The molecule has 0 radical (unpaired) electrons. The number of carbonyl (C=O) groups is 1. The van der Waals surface area contributed by atoms with Gasteiger partial charge < -0.3 is 19.5 Å². The number of hydrogen-bond acceptors (Lipinski definition) is 4. The lowest BCUT2D eigenvalue weighted by Gasteiger charge is -2.12. The molecule has 0 heterocycles. The number of amides is 1. The van der Waals surface area contributed by atoms with Crippen molar-refractivity contribution in [2.75, 3.05) is 26.4 Å². The molecule has 1 amide bonds. The minimum absolute atomic E-state index is 0.126. The van der Waals surface area contributed by atoms with Gasteiger partial charge in [-0.15, -0.1) is 0 Å². The van der Waals surface area contributed by atoms with Crippen LogP contribution >= 0.6 is 0 Å². The van der Waals surface area contributed by atoms with Gasteiger partial charge in [0.15, 0.2) is 0 Å². The number of hydrogen-bond donors (Lipinski definition) is 1. The van der Waals surface area contributed by atoms with Crippen molar-refractivity contribution in [2.24, 2.45) is 0 Å². The van der Waals surface area contributed by atoms with Gasteiger partial charge in [-0.05, 0) is 30.2 Å². The third kappa shape index (κ3) is 8.53. The van der Waals surface area contributed by atoms with Crippen molar-refractivity contribution in [3.05, 3.63) is 65.2 Å². The van der Waals surface area contributed by atoms with E-state index < -0.39 is 12.8 Å². The van der Waals surface area contributed by atoms with Crippen LogP contribution in [-0.4, -0.2) is 38.5 Å². The molecular weight excluding hydrogens is 387 g/mol. The lowest BCUT2D eigenvalue weighted by atomic mass is 10.1. The molecule has 0 aliphatic heterocycles. The molecule has 0 unspecified atom stereocenters. The number of carbonyl (C=O) groups excluding carboxylic acids is 1. The average Bonchev–Trinajstić information content (AvgIpc) is 2.70. The topological polar surface area (TPSA) is 56.8 Å². The molecule has 0 fully saturated rings. The smallest absolute Gasteiger partial charge is 0.411 e. The van der Waals surface area contributed by atoms with Crippen LogP contribution in [0, 0.1) is 0 Å². The van der Waals surface area contributed by atoms with Crippen LogP contribution in [0.2, 0.25) is 0 Å². The summed E-state index contributed by atoms with van der Waals surface area (Å²) in [5.74, 6) is 0.191. The molecule has 0 aliphatic rings. The molecule has 0 spiro atoms. The second kappa shape index (κ2) is 11.4. The molecule has 29 heavy (non-hydrogen) atoms. The van der Waals surface area contributed by atoms with Crippen LogP contribution in [-0.2, 0) is 22.6 Å². The first kappa shape index (κ1) is 22.7. The molecule has 0 saturated heterocycles. The Morgan fingerprint density at radius 1 is 0.966 bits per heavy atom. The number of alkyl halides is 3. The van der Waals surface area contributed by atoms with E-state index in [0.29, 0.717) is 36.7 Å². The predicted octanol–water partition coefficient (Wildman–Crippen LogP) is 4.11.